The van der Waals surface area contributed by atoms with Crippen LogP contribution in [0.5, 0.6) is 0 Å². The predicted octanol–water partition coefficient (Wildman–Crippen LogP) is 6.41. The quantitative estimate of drug-likeness (QED) is 0.477. The number of hydrogen-bond donors (Lipinski definition) is 1. The molecule has 0 bridgehead atoms. The lowest BCUT2D eigenvalue weighted by Gasteiger charge is -2.42. The molecule has 2 rings (SSSR count). The van der Waals surface area contributed by atoms with Crippen LogP contribution in [0.3, 0.4) is 0 Å². The van der Waals surface area contributed by atoms with Crippen molar-refractivity contribution in [2.75, 3.05) is 6.61 Å². The maximum atomic E-state index is 11.0. The average molecular weight is 373 g/mol. The van der Waals surface area contributed by atoms with E-state index in [0.717, 1.165) is 17.6 Å². The van der Waals surface area contributed by atoms with Crippen molar-refractivity contribution in [1.29, 1.82) is 0 Å². The highest BCUT2D eigenvalue weighted by atomic mass is 28.4. The van der Waals surface area contributed by atoms with Crippen LogP contribution in [0.25, 0.3) is 0 Å². The van der Waals surface area contributed by atoms with Crippen LogP contribution in [0.15, 0.2) is 53.1 Å². The molecule has 26 heavy (non-hydrogen) atoms. The van der Waals surface area contributed by atoms with Gasteiger partial charge in [0.05, 0.1) is 6.61 Å². The zero-order chi connectivity index (χ0) is 19.8. The van der Waals surface area contributed by atoms with Gasteiger partial charge in [0, 0.05) is 5.41 Å². The van der Waals surface area contributed by atoms with E-state index in [9.17, 15) is 5.11 Å². The third kappa shape index (κ3) is 4.21. The predicted molar refractivity (Wildman–Crippen MR) is 114 cm³/mol. The van der Waals surface area contributed by atoms with Gasteiger partial charge in [0.1, 0.15) is 6.10 Å². The van der Waals surface area contributed by atoms with E-state index in [1.54, 1.807) is 0 Å². The van der Waals surface area contributed by atoms with Crippen LogP contribution in [-0.4, -0.2) is 20.0 Å². The Morgan fingerprint density at radius 2 is 1.73 bits per heavy atom. The van der Waals surface area contributed by atoms with Crippen LogP contribution in [-0.2, 0) is 4.43 Å². The first-order chi connectivity index (χ1) is 11.9. The van der Waals surface area contributed by atoms with E-state index in [1.165, 1.54) is 11.1 Å². The molecule has 0 saturated heterocycles. The molecule has 1 aromatic carbocycles. The van der Waals surface area contributed by atoms with Crippen molar-refractivity contribution in [3.8, 4) is 0 Å². The summed E-state index contributed by atoms with van der Waals surface area (Å²) in [6.45, 7) is 18.7. The Morgan fingerprint density at radius 1 is 1.15 bits per heavy atom. The summed E-state index contributed by atoms with van der Waals surface area (Å²) in [5.74, 6) is 0. The Morgan fingerprint density at radius 3 is 2.27 bits per heavy atom. The maximum Gasteiger partial charge on any atom is 0.192 e. The summed E-state index contributed by atoms with van der Waals surface area (Å²) in [6, 6.07) is 9.95. The smallest absolute Gasteiger partial charge is 0.192 e. The standard InChI is InChI=1S/C23H36O2Si/c1-17-14-15-19(21(24)18-12-10-9-11-13-18)23(5,6)20(17)16-25-26(7,8)22(2,3)4/h9-13,15,21,24H,14,16H2,1-8H3. The Bertz CT molecular complexity index is 691. The second-order valence-electron chi connectivity index (χ2n) is 9.61. The van der Waals surface area contributed by atoms with Gasteiger partial charge in [0.2, 0.25) is 0 Å². The Kier molecular flexibility index (Phi) is 6.06. The minimum absolute atomic E-state index is 0.197. The summed E-state index contributed by atoms with van der Waals surface area (Å²) in [4.78, 5) is 0. The molecule has 0 spiro atoms. The second kappa shape index (κ2) is 7.45. The molecule has 0 heterocycles. The number of aliphatic hydroxyl groups is 1. The van der Waals surface area contributed by atoms with E-state index in [1.807, 2.05) is 30.3 Å². The molecule has 0 amide bonds. The molecule has 2 nitrogen and oxygen atoms in total. The molecule has 0 fully saturated rings. The Balaban J connectivity index is 2.26. The molecule has 0 aromatic heterocycles. The number of allylic oxidation sites excluding steroid dienone is 2. The van der Waals surface area contributed by atoms with E-state index in [0.29, 0.717) is 6.61 Å². The Labute approximate surface area is 161 Å². The van der Waals surface area contributed by atoms with Gasteiger partial charge in [-0.1, -0.05) is 76.6 Å². The van der Waals surface area contributed by atoms with Crippen molar-refractivity contribution in [1.82, 2.24) is 0 Å². The number of benzene rings is 1. The molecule has 0 saturated carbocycles. The lowest BCUT2D eigenvalue weighted by molar-refractivity contribution is 0.184. The molecule has 1 unspecified atom stereocenters. The molecule has 1 N–H and O–H groups in total. The van der Waals surface area contributed by atoms with Gasteiger partial charge in [-0.05, 0) is 48.2 Å². The molecule has 1 atom stereocenters. The van der Waals surface area contributed by atoms with Gasteiger partial charge < -0.3 is 9.53 Å². The molecule has 3 heteroatoms. The molecule has 1 aliphatic rings. The lowest BCUT2D eigenvalue weighted by atomic mass is 9.69. The average Bonchev–Trinajstić information content (AvgIpc) is 2.53. The van der Waals surface area contributed by atoms with E-state index >= 15 is 0 Å². The molecular weight excluding hydrogens is 336 g/mol. The van der Waals surface area contributed by atoms with Crippen molar-refractivity contribution in [2.45, 2.75) is 72.2 Å². The molecule has 0 radical (unpaired) electrons. The van der Waals surface area contributed by atoms with Gasteiger partial charge in [-0.3, -0.25) is 0 Å². The van der Waals surface area contributed by atoms with Crippen LogP contribution in [0.2, 0.25) is 18.1 Å². The summed E-state index contributed by atoms with van der Waals surface area (Å²) < 4.78 is 6.55. The molecule has 1 aliphatic carbocycles. The number of hydrogen-bond acceptors (Lipinski definition) is 2. The Hall–Kier alpha value is -1.16. The van der Waals surface area contributed by atoms with Gasteiger partial charge in [-0.25, -0.2) is 0 Å². The van der Waals surface area contributed by atoms with Crippen LogP contribution >= 0.6 is 0 Å². The summed E-state index contributed by atoms with van der Waals surface area (Å²) in [5, 5.41) is 11.2. The highest BCUT2D eigenvalue weighted by Crippen LogP contribution is 2.47. The van der Waals surface area contributed by atoms with Crippen molar-refractivity contribution < 1.29 is 9.53 Å². The van der Waals surface area contributed by atoms with E-state index in [2.05, 4.69) is 60.7 Å². The van der Waals surface area contributed by atoms with Crippen molar-refractivity contribution in [3.05, 3.63) is 58.7 Å². The third-order valence-electron chi connectivity index (χ3n) is 6.41. The van der Waals surface area contributed by atoms with Crippen molar-refractivity contribution in [2.24, 2.45) is 5.41 Å². The second-order valence-corrected chi connectivity index (χ2v) is 14.4. The van der Waals surface area contributed by atoms with Crippen LogP contribution in [0.1, 0.15) is 59.6 Å². The van der Waals surface area contributed by atoms with Gasteiger partial charge in [-0.15, -0.1) is 0 Å². The maximum absolute atomic E-state index is 11.0. The molecule has 144 valence electrons. The minimum Gasteiger partial charge on any atom is -0.413 e. The zero-order valence-electron chi connectivity index (χ0n) is 17.8. The van der Waals surface area contributed by atoms with Gasteiger partial charge >= 0.3 is 0 Å². The van der Waals surface area contributed by atoms with Crippen molar-refractivity contribution in [3.63, 3.8) is 0 Å². The summed E-state index contributed by atoms with van der Waals surface area (Å²) in [6.07, 6.45) is 2.53. The van der Waals surface area contributed by atoms with Crippen LogP contribution in [0, 0.1) is 5.41 Å². The minimum atomic E-state index is -1.81. The topological polar surface area (TPSA) is 29.5 Å². The lowest BCUT2D eigenvalue weighted by Crippen LogP contribution is -2.42. The van der Waals surface area contributed by atoms with Crippen LogP contribution in [0.4, 0.5) is 0 Å². The van der Waals surface area contributed by atoms with Crippen molar-refractivity contribution >= 4 is 8.32 Å². The molecule has 1 aromatic rings. The van der Waals surface area contributed by atoms with Gasteiger partial charge in [0.15, 0.2) is 8.32 Å². The van der Waals surface area contributed by atoms with E-state index in [4.69, 9.17) is 4.43 Å². The normalized spacial score (nSPS) is 19.3. The number of aliphatic hydroxyl groups excluding tert-OH is 1. The molecule has 0 aliphatic heterocycles. The highest BCUT2D eigenvalue weighted by Gasteiger charge is 2.40. The molecular formula is C23H36O2Si. The van der Waals surface area contributed by atoms with Gasteiger partial charge in [0.25, 0.3) is 0 Å². The zero-order valence-corrected chi connectivity index (χ0v) is 18.8. The fourth-order valence-electron chi connectivity index (χ4n) is 3.39. The largest absolute Gasteiger partial charge is 0.413 e. The summed E-state index contributed by atoms with van der Waals surface area (Å²) in [7, 11) is -1.81. The summed E-state index contributed by atoms with van der Waals surface area (Å²) >= 11 is 0. The van der Waals surface area contributed by atoms with Gasteiger partial charge in [-0.2, -0.15) is 0 Å². The van der Waals surface area contributed by atoms with Crippen LogP contribution < -0.4 is 0 Å². The summed E-state index contributed by atoms with van der Waals surface area (Å²) in [5.41, 5.74) is 4.53. The first-order valence-electron chi connectivity index (χ1n) is 9.64. The first kappa shape index (κ1) is 21.1. The monoisotopic (exact) mass is 372 g/mol. The highest BCUT2D eigenvalue weighted by molar-refractivity contribution is 6.74. The fourth-order valence-corrected chi connectivity index (χ4v) is 4.33. The van der Waals surface area contributed by atoms with E-state index < -0.39 is 14.4 Å². The third-order valence-corrected chi connectivity index (χ3v) is 10.9. The van der Waals surface area contributed by atoms with E-state index in [-0.39, 0.29) is 10.5 Å². The fraction of sp³-hybridized carbons (Fsp3) is 0.565. The SMILES string of the molecule is CC1=C(CO[Si](C)(C)C(C)(C)C)C(C)(C)C(C(O)c2ccccc2)=CC1. The number of rotatable bonds is 5. The first-order valence-corrected chi connectivity index (χ1v) is 12.6.